The molecule has 1 rings (SSSR count). The molecule has 0 aliphatic heterocycles. The summed E-state index contributed by atoms with van der Waals surface area (Å²) >= 11 is 3.43. The van der Waals surface area contributed by atoms with Gasteiger partial charge in [0.1, 0.15) is 0 Å². The molecule has 0 fully saturated rings. The van der Waals surface area contributed by atoms with Crippen LogP contribution in [0.1, 0.15) is 33.3 Å². The van der Waals surface area contributed by atoms with Crippen LogP contribution in [0.2, 0.25) is 0 Å². The van der Waals surface area contributed by atoms with Gasteiger partial charge in [-0.05, 0) is 35.6 Å². The van der Waals surface area contributed by atoms with Crippen LogP contribution in [0.5, 0.6) is 0 Å². The van der Waals surface area contributed by atoms with Crippen LogP contribution in [-0.2, 0) is 0 Å². The van der Waals surface area contributed by atoms with Crippen molar-refractivity contribution in [3.8, 4) is 0 Å². The molecule has 0 radical (unpaired) electrons. The highest BCUT2D eigenvalue weighted by Gasteiger charge is 2.14. The van der Waals surface area contributed by atoms with Crippen molar-refractivity contribution < 1.29 is 4.79 Å². The largest absolute Gasteiger partial charge is 0.324 e. The summed E-state index contributed by atoms with van der Waals surface area (Å²) in [5.41, 5.74) is 1.05. The van der Waals surface area contributed by atoms with Gasteiger partial charge in [0, 0.05) is 23.8 Å². The molecule has 0 atom stereocenters. The van der Waals surface area contributed by atoms with E-state index in [0.29, 0.717) is 11.8 Å². The summed E-state index contributed by atoms with van der Waals surface area (Å²) in [5.74, 6) is 0.923. The zero-order valence-electron chi connectivity index (χ0n) is 13.3. The van der Waals surface area contributed by atoms with E-state index in [0.717, 1.165) is 23.1 Å². The van der Waals surface area contributed by atoms with Gasteiger partial charge >= 0.3 is 6.03 Å². The number of nitrogens with zero attached hydrogens (tertiary/aromatic N) is 1. The maximum Gasteiger partial charge on any atom is 0.321 e. The van der Waals surface area contributed by atoms with E-state index in [1.165, 1.54) is 0 Å². The first-order valence-corrected chi connectivity index (χ1v) is 8.15. The zero-order valence-corrected chi connectivity index (χ0v) is 14.9. The number of amides is 2. The van der Waals surface area contributed by atoms with Crippen LogP contribution < -0.4 is 5.32 Å². The normalized spacial score (nSPS) is 11.4. The number of benzene rings is 1. The van der Waals surface area contributed by atoms with Crippen molar-refractivity contribution in [3.63, 3.8) is 0 Å². The number of carbonyl (C=O) groups is 1. The van der Waals surface area contributed by atoms with Gasteiger partial charge in [0.25, 0.3) is 0 Å². The Morgan fingerprint density at radius 3 is 2.38 bits per heavy atom. The van der Waals surface area contributed by atoms with Gasteiger partial charge in [-0.1, -0.05) is 55.8 Å². The second-order valence-electron chi connectivity index (χ2n) is 6.03. The third-order valence-corrected chi connectivity index (χ3v) is 3.28. The summed E-state index contributed by atoms with van der Waals surface area (Å²) in [7, 11) is 0. The third-order valence-electron chi connectivity index (χ3n) is 2.79. The molecule has 0 unspecified atom stereocenters. The first-order chi connectivity index (χ1) is 9.88. The third kappa shape index (κ3) is 7.32. The minimum Gasteiger partial charge on any atom is -0.324 e. The Kier molecular flexibility index (Phi) is 7.51. The second-order valence-corrected chi connectivity index (χ2v) is 6.95. The van der Waals surface area contributed by atoms with Gasteiger partial charge in [-0.3, -0.25) is 0 Å². The molecule has 1 aromatic rings. The Morgan fingerprint density at radius 2 is 1.86 bits per heavy atom. The van der Waals surface area contributed by atoms with Crippen LogP contribution in [0, 0.1) is 11.8 Å². The molecule has 4 heteroatoms. The molecular formula is C17H25BrN2O. The first kappa shape index (κ1) is 17.8. The Balaban J connectivity index is 2.60. The van der Waals surface area contributed by atoms with E-state index in [1.54, 1.807) is 6.20 Å². The van der Waals surface area contributed by atoms with Crippen LogP contribution in [0.25, 0.3) is 6.08 Å². The number of nitrogens with one attached hydrogen (secondary N) is 1. The molecule has 0 aliphatic rings. The molecule has 0 heterocycles. The number of rotatable bonds is 6. The molecule has 2 amide bonds. The Bertz CT molecular complexity index is 473. The lowest BCUT2D eigenvalue weighted by Crippen LogP contribution is -2.41. The molecule has 0 saturated carbocycles. The maximum atomic E-state index is 12.2. The number of carbonyl (C=O) groups excluding carboxylic acids is 1. The van der Waals surface area contributed by atoms with Gasteiger partial charge in [-0.2, -0.15) is 0 Å². The summed E-state index contributed by atoms with van der Waals surface area (Å²) in [6, 6.07) is 7.90. The van der Waals surface area contributed by atoms with E-state index in [9.17, 15) is 4.79 Å². The summed E-state index contributed by atoms with van der Waals surface area (Å²) in [6.07, 6.45) is 3.60. The molecule has 116 valence electrons. The van der Waals surface area contributed by atoms with Gasteiger partial charge in [-0.15, -0.1) is 0 Å². The zero-order chi connectivity index (χ0) is 15.8. The van der Waals surface area contributed by atoms with Crippen molar-refractivity contribution in [2.24, 2.45) is 11.8 Å². The lowest BCUT2D eigenvalue weighted by atomic mass is 10.1. The number of urea groups is 1. The van der Waals surface area contributed by atoms with Crippen molar-refractivity contribution in [2.75, 3.05) is 13.1 Å². The van der Waals surface area contributed by atoms with Gasteiger partial charge < -0.3 is 10.2 Å². The van der Waals surface area contributed by atoms with Crippen LogP contribution in [0.4, 0.5) is 4.79 Å². The summed E-state index contributed by atoms with van der Waals surface area (Å²) in [5, 5.41) is 2.85. The van der Waals surface area contributed by atoms with Crippen molar-refractivity contribution in [1.82, 2.24) is 10.2 Å². The summed E-state index contributed by atoms with van der Waals surface area (Å²) < 4.78 is 1.03. The van der Waals surface area contributed by atoms with Crippen molar-refractivity contribution >= 4 is 28.0 Å². The molecule has 3 nitrogen and oxygen atoms in total. The van der Waals surface area contributed by atoms with E-state index in [-0.39, 0.29) is 6.03 Å². The van der Waals surface area contributed by atoms with E-state index >= 15 is 0 Å². The fourth-order valence-corrected chi connectivity index (χ4v) is 2.45. The van der Waals surface area contributed by atoms with Crippen molar-refractivity contribution in [1.29, 1.82) is 0 Å². The highest BCUT2D eigenvalue weighted by molar-refractivity contribution is 9.10. The molecule has 0 spiro atoms. The Morgan fingerprint density at radius 1 is 1.24 bits per heavy atom. The van der Waals surface area contributed by atoms with E-state index < -0.39 is 0 Å². The summed E-state index contributed by atoms with van der Waals surface area (Å²) in [6.45, 7) is 10.0. The molecular weight excluding hydrogens is 328 g/mol. The molecule has 0 bridgehead atoms. The van der Waals surface area contributed by atoms with Crippen LogP contribution in [-0.4, -0.2) is 24.0 Å². The number of halogens is 1. The lowest BCUT2D eigenvalue weighted by Gasteiger charge is -2.25. The monoisotopic (exact) mass is 352 g/mol. The molecule has 21 heavy (non-hydrogen) atoms. The fraction of sp³-hybridized carbons (Fsp3) is 0.471. The minimum absolute atomic E-state index is 0.0383. The Labute approximate surface area is 136 Å². The van der Waals surface area contributed by atoms with Crippen molar-refractivity contribution in [2.45, 2.75) is 27.7 Å². The highest BCUT2D eigenvalue weighted by Crippen LogP contribution is 2.12. The van der Waals surface area contributed by atoms with E-state index in [2.05, 4.69) is 48.9 Å². The molecule has 1 N–H and O–H groups in total. The van der Waals surface area contributed by atoms with Gasteiger partial charge in [-0.25, -0.2) is 4.79 Å². The first-order valence-electron chi connectivity index (χ1n) is 7.36. The average molecular weight is 353 g/mol. The van der Waals surface area contributed by atoms with E-state index in [4.69, 9.17) is 0 Å². The Hall–Kier alpha value is -1.29. The fourth-order valence-electron chi connectivity index (χ4n) is 2.03. The highest BCUT2D eigenvalue weighted by atomic mass is 79.9. The van der Waals surface area contributed by atoms with Gasteiger partial charge in [0.15, 0.2) is 0 Å². The molecule has 0 saturated heterocycles. The predicted molar refractivity (Wildman–Crippen MR) is 93.0 cm³/mol. The van der Waals surface area contributed by atoms with Gasteiger partial charge in [0.05, 0.1) is 0 Å². The average Bonchev–Trinajstić information content (AvgIpc) is 2.36. The lowest BCUT2D eigenvalue weighted by molar-refractivity contribution is 0.187. The minimum atomic E-state index is -0.0383. The number of hydrogen-bond donors (Lipinski definition) is 1. The molecule has 0 aromatic heterocycles. The predicted octanol–water partition coefficient (Wildman–Crippen LogP) is 4.74. The second kappa shape index (κ2) is 8.88. The van der Waals surface area contributed by atoms with Gasteiger partial charge in [0.2, 0.25) is 0 Å². The van der Waals surface area contributed by atoms with Crippen LogP contribution >= 0.6 is 15.9 Å². The molecule has 0 aliphatic carbocycles. The quantitative estimate of drug-likeness (QED) is 0.787. The molecule has 1 aromatic carbocycles. The number of hydrogen-bond acceptors (Lipinski definition) is 1. The summed E-state index contributed by atoms with van der Waals surface area (Å²) in [4.78, 5) is 14.1. The van der Waals surface area contributed by atoms with E-state index in [1.807, 2.05) is 35.2 Å². The maximum absolute atomic E-state index is 12.2. The topological polar surface area (TPSA) is 32.3 Å². The smallest absolute Gasteiger partial charge is 0.321 e. The standard InChI is InChI=1S/C17H25BrN2O/c1-13(2)11-20(12-14(3)4)17(21)19-9-8-15-6-5-7-16(18)10-15/h5-10,13-14H,11-12H2,1-4H3,(H,19,21)/b9-8+. The SMILES string of the molecule is CC(C)CN(CC(C)C)C(=O)N/C=C/c1cccc(Br)c1. The van der Waals surface area contributed by atoms with Crippen molar-refractivity contribution in [3.05, 3.63) is 40.5 Å². The van der Waals surface area contributed by atoms with Crippen LogP contribution in [0.15, 0.2) is 34.9 Å². The van der Waals surface area contributed by atoms with Crippen LogP contribution in [0.3, 0.4) is 0 Å².